The molecule has 1 saturated heterocycles. The summed E-state index contributed by atoms with van der Waals surface area (Å²) in [5.74, 6) is 0.171. The van der Waals surface area contributed by atoms with Crippen molar-refractivity contribution in [3.05, 3.63) is 0 Å². The van der Waals surface area contributed by atoms with E-state index in [1.54, 1.807) is 6.92 Å². The third-order valence-electron chi connectivity index (χ3n) is 3.12. The fourth-order valence-electron chi connectivity index (χ4n) is 2.35. The summed E-state index contributed by atoms with van der Waals surface area (Å²) in [6, 6.07) is 0.230. The lowest BCUT2D eigenvalue weighted by atomic mass is 10.1. The lowest BCUT2D eigenvalue weighted by Gasteiger charge is -2.25. The van der Waals surface area contributed by atoms with Crippen molar-refractivity contribution >= 4 is 5.91 Å². The molecule has 1 rings (SSSR count). The molecule has 2 unspecified atom stereocenters. The molecule has 4 nitrogen and oxygen atoms in total. The molecule has 1 heterocycles. The molecule has 4 heteroatoms. The van der Waals surface area contributed by atoms with Crippen LogP contribution in [0.3, 0.4) is 0 Å². The molecule has 0 aromatic carbocycles. The summed E-state index contributed by atoms with van der Waals surface area (Å²) >= 11 is 0. The average Bonchev–Trinajstić information content (AvgIpc) is 2.71. The van der Waals surface area contributed by atoms with Gasteiger partial charge in [0.25, 0.3) is 0 Å². The van der Waals surface area contributed by atoms with Crippen molar-refractivity contribution in [2.24, 2.45) is 0 Å². The molecule has 1 N–H and O–H groups in total. The zero-order valence-electron chi connectivity index (χ0n) is 11.0. The minimum atomic E-state index is -0.329. The van der Waals surface area contributed by atoms with Crippen LogP contribution in [0.25, 0.3) is 0 Å². The van der Waals surface area contributed by atoms with Crippen LogP contribution in [0.1, 0.15) is 46.0 Å². The summed E-state index contributed by atoms with van der Waals surface area (Å²) in [5.41, 5.74) is 0. The second kappa shape index (κ2) is 7.67. The maximum absolute atomic E-state index is 12.0. The number of likely N-dealkylation sites (tertiary alicyclic amines) is 1. The summed E-state index contributed by atoms with van der Waals surface area (Å²) in [7, 11) is 0. The van der Waals surface area contributed by atoms with Gasteiger partial charge in [-0.2, -0.15) is 0 Å². The van der Waals surface area contributed by atoms with E-state index in [2.05, 4.69) is 6.92 Å². The minimum Gasteiger partial charge on any atom is -0.393 e. The van der Waals surface area contributed by atoms with Crippen molar-refractivity contribution in [2.45, 2.75) is 58.1 Å². The highest BCUT2D eigenvalue weighted by molar-refractivity contribution is 5.76. The first-order valence-electron chi connectivity index (χ1n) is 6.70. The van der Waals surface area contributed by atoms with E-state index in [0.29, 0.717) is 19.4 Å². The highest BCUT2D eigenvalue weighted by Gasteiger charge is 2.28. The van der Waals surface area contributed by atoms with Gasteiger partial charge in [0, 0.05) is 19.2 Å². The highest BCUT2D eigenvalue weighted by atomic mass is 16.5. The second-order valence-electron chi connectivity index (χ2n) is 4.83. The van der Waals surface area contributed by atoms with Crippen LogP contribution in [0.5, 0.6) is 0 Å². The number of carbonyl (C=O) groups excluding carboxylic acids is 1. The Bertz CT molecular complexity index is 231. The van der Waals surface area contributed by atoms with Crippen LogP contribution in [0.2, 0.25) is 0 Å². The zero-order valence-corrected chi connectivity index (χ0v) is 11.0. The van der Waals surface area contributed by atoms with Crippen molar-refractivity contribution in [2.75, 3.05) is 19.8 Å². The predicted octanol–water partition coefficient (Wildman–Crippen LogP) is 1.56. The molecular weight excluding hydrogens is 218 g/mol. The van der Waals surface area contributed by atoms with Gasteiger partial charge in [0.15, 0.2) is 0 Å². The molecule has 0 radical (unpaired) electrons. The van der Waals surface area contributed by atoms with Crippen LogP contribution in [-0.2, 0) is 9.53 Å². The van der Waals surface area contributed by atoms with E-state index in [0.717, 1.165) is 32.4 Å². The quantitative estimate of drug-likeness (QED) is 0.690. The number of ether oxygens (including phenoxy) is 1. The molecule has 1 aliphatic heterocycles. The van der Waals surface area contributed by atoms with Gasteiger partial charge < -0.3 is 14.7 Å². The molecule has 2 atom stereocenters. The first kappa shape index (κ1) is 14.5. The van der Waals surface area contributed by atoms with Crippen LogP contribution in [0.15, 0.2) is 0 Å². The Labute approximate surface area is 104 Å². The third-order valence-corrected chi connectivity index (χ3v) is 3.12. The maximum atomic E-state index is 12.0. The van der Waals surface area contributed by atoms with Crippen molar-refractivity contribution in [3.63, 3.8) is 0 Å². The Balaban J connectivity index is 2.29. The number of hydrogen-bond acceptors (Lipinski definition) is 3. The molecule has 100 valence electrons. The normalized spacial score (nSPS) is 21.8. The molecule has 0 aromatic rings. The van der Waals surface area contributed by atoms with E-state index in [4.69, 9.17) is 4.74 Å². The van der Waals surface area contributed by atoms with Gasteiger partial charge in [-0.05, 0) is 32.6 Å². The molecule has 1 amide bonds. The first-order valence-corrected chi connectivity index (χ1v) is 6.70. The summed E-state index contributed by atoms with van der Waals surface area (Å²) in [6.45, 7) is 5.92. The lowest BCUT2D eigenvalue weighted by Crippen LogP contribution is -2.37. The number of hydrogen-bond donors (Lipinski definition) is 1. The van der Waals surface area contributed by atoms with E-state index >= 15 is 0 Å². The summed E-state index contributed by atoms with van der Waals surface area (Å²) in [5, 5.41) is 9.40. The Hall–Kier alpha value is -0.610. The molecule has 17 heavy (non-hydrogen) atoms. The number of carbonyl (C=O) groups is 1. The number of aliphatic hydroxyl groups is 1. The van der Waals surface area contributed by atoms with Crippen LogP contribution in [-0.4, -0.2) is 47.8 Å². The van der Waals surface area contributed by atoms with Crippen molar-refractivity contribution in [1.29, 1.82) is 0 Å². The number of rotatable bonds is 7. The van der Waals surface area contributed by atoms with Crippen LogP contribution in [0.4, 0.5) is 0 Å². The van der Waals surface area contributed by atoms with Crippen LogP contribution >= 0.6 is 0 Å². The van der Waals surface area contributed by atoms with Gasteiger partial charge >= 0.3 is 0 Å². The molecule has 1 fully saturated rings. The Morgan fingerprint density at radius 3 is 2.94 bits per heavy atom. The van der Waals surface area contributed by atoms with Crippen molar-refractivity contribution in [1.82, 2.24) is 4.90 Å². The zero-order chi connectivity index (χ0) is 12.7. The largest absolute Gasteiger partial charge is 0.393 e. The average molecular weight is 243 g/mol. The molecular formula is C13H25NO3. The van der Waals surface area contributed by atoms with Crippen molar-refractivity contribution in [3.8, 4) is 0 Å². The molecule has 0 bridgehead atoms. The standard InChI is InChI=1S/C13H25NO3/c1-3-8-17-9-6-13(16)14-7-4-5-12(14)10-11(2)15/h11-12,15H,3-10H2,1-2H3. The third kappa shape index (κ3) is 5.04. The maximum Gasteiger partial charge on any atom is 0.225 e. The van der Waals surface area contributed by atoms with E-state index in [-0.39, 0.29) is 18.1 Å². The topological polar surface area (TPSA) is 49.8 Å². The molecule has 1 aliphatic rings. The van der Waals surface area contributed by atoms with Crippen LogP contribution in [0, 0.1) is 0 Å². The fraction of sp³-hybridized carbons (Fsp3) is 0.923. The summed E-state index contributed by atoms with van der Waals surface area (Å²) < 4.78 is 5.33. The highest BCUT2D eigenvalue weighted by Crippen LogP contribution is 2.22. The van der Waals surface area contributed by atoms with Crippen LogP contribution < -0.4 is 0 Å². The Morgan fingerprint density at radius 1 is 1.53 bits per heavy atom. The number of aliphatic hydroxyl groups excluding tert-OH is 1. The molecule has 0 saturated carbocycles. The van der Waals surface area contributed by atoms with Gasteiger partial charge in [-0.1, -0.05) is 6.92 Å². The fourth-order valence-corrected chi connectivity index (χ4v) is 2.35. The monoisotopic (exact) mass is 243 g/mol. The van der Waals surface area contributed by atoms with Gasteiger partial charge in [0.1, 0.15) is 0 Å². The molecule has 0 aliphatic carbocycles. The first-order chi connectivity index (χ1) is 8.15. The number of amides is 1. The molecule has 0 spiro atoms. The van der Waals surface area contributed by atoms with E-state index < -0.39 is 0 Å². The van der Waals surface area contributed by atoms with Gasteiger partial charge in [-0.3, -0.25) is 4.79 Å². The summed E-state index contributed by atoms with van der Waals surface area (Å²) in [4.78, 5) is 13.9. The lowest BCUT2D eigenvalue weighted by molar-refractivity contribution is -0.133. The second-order valence-corrected chi connectivity index (χ2v) is 4.83. The van der Waals surface area contributed by atoms with E-state index in [9.17, 15) is 9.90 Å². The van der Waals surface area contributed by atoms with E-state index in [1.807, 2.05) is 4.90 Å². The predicted molar refractivity (Wildman–Crippen MR) is 66.8 cm³/mol. The smallest absolute Gasteiger partial charge is 0.225 e. The van der Waals surface area contributed by atoms with Gasteiger partial charge in [-0.15, -0.1) is 0 Å². The van der Waals surface area contributed by atoms with Gasteiger partial charge in [0.2, 0.25) is 5.91 Å². The Kier molecular flexibility index (Phi) is 6.52. The van der Waals surface area contributed by atoms with E-state index in [1.165, 1.54) is 0 Å². The van der Waals surface area contributed by atoms with Gasteiger partial charge in [-0.25, -0.2) is 0 Å². The number of nitrogens with zero attached hydrogens (tertiary/aromatic N) is 1. The Morgan fingerprint density at radius 2 is 2.29 bits per heavy atom. The summed E-state index contributed by atoms with van der Waals surface area (Å²) in [6.07, 6.45) is 3.90. The molecule has 0 aromatic heterocycles. The minimum absolute atomic E-state index is 0.171. The van der Waals surface area contributed by atoms with Gasteiger partial charge in [0.05, 0.1) is 19.1 Å². The SMILES string of the molecule is CCCOCCC(=O)N1CCCC1CC(C)O. The van der Waals surface area contributed by atoms with Crippen molar-refractivity contribution < 1.29 is 14.6 Å².